The molecule has 33 heavy (non-hydrogen) atoms. The van der Waals surface area contributed by atoms with Crippen molar-refractivity contribution in [2.45, 2.75) is 26.3 Å². The highest BCUT2D eigenvalue weighted by Gasteiger charge is 2.35. The largest absolute Gasteiger partial charge is 0.497 e. The van der Waals surface area contributed by atoms with Crippen molar-refractivity contribution in [3.8, 4) is 5.75 Å². The van der Waals surface area contributed by atoms with Crippen LogP contribution in [0.3, 0.4) is 0 Å². The van der Waals surface area contributed by atoms with Crippen LogP contribution in [0.5, 0.6) is 5.75 Å². The maximum absolute atomic E-state index is 12.8. The molecule has 0 bridgehead atoms. The molecule has 174 valence electrons. The zero-order valence-corrected chi connectivity index (χ0v) is 20.1. The number of halogens is 1. The molecule has 1 amide bonds. The Morgan fingerprint density at radius 2 is 1.82 bits per heavy atom. The number of sulfonamides is 1. The Morgan fingerprint density at radius 1 is 1.15 bits per heavy atom. The lowest BCUT2D eigenvalue weighted by Gasteiger charge is -2.32. The van der Waals surface area contributed by atoms with Crippen molar-refractivity contribution in [2.75, 3.05) is 20.2 Å². The molecule has 1 N–H and O–H groups in total. The predicted octanol–water partition coefficient (Wildman–Crippen LogP) is 3.85. The first-order valence-electron chi connectivity index (χ1n) is 10.8. The molecule has 0 spiro atoms. The van der Waals surface area contributed by atoms with Crippen molar-refractivity contribution in [1.29, 1.82) is 0 Å². The standard InChI is InChI=1S/C24H26ClN3O4S/c1-16-22(17-7-9-20(32-2)10-8-17)33(30,31)27-23(16)28-13-11-18(12-14-28)24(29)26-15-19-5-3-4-6-21(19)25/h3-10,18H,11-15H2,1-2H3,(H,26,29). The summed E-state index contributed by atoms with van der Waals surface area (Å²) in [7, 11) is -2.22. The number of amides is 1. The summed E-state index contributed by atoms with van der Waals surface area (Å²) in [5.74, 6) is 0.980. The molecule has 0 aliphatic carbocycles. The fourth-order valence-corrected chi connectivity index (χ4v) is 5.93. The van der Waals surface area contributed by atoms with Gasteiger partial charge in [0.2, 0.25) is 5.91 Å². The minimum atomic E-state index is -3.79. The van der Waals surface area contributed by atoms with Crippen LogP contribution < -0.4 is 10.1 Å². The lowest BCUT2D eigenvalue weighted by atomic mass is 9.95. The molecule has 2 aromatic carbocycles. The molecule has 2 aromatic rings. The van der Waals surface area contributed by atoms with Crippen LogP contribution in [-0.2, 0) is 21.4 Å². The topological polar surface area (TPSA) is 88.1 Å². The summed E-state index contributed by atoms with van der Waals surface area (Å²) in [6.07, 6.45) is 1.25. The zero-order chi connectivity index (χ0) is 23.6. The highest BCUT2D eigenvalue weighted by Crippen LogP contribution is 2.35. The van der Waals surface area contributed by atoms with E-state index < -0.39 is 10.0 Å². The summed E-state index contributed by atoms with van der Waals surface area (Å²) < 4.78 is 34.9. The van der Waals surface area contributed by atoms with E-state index in [-0.39, 0.29) is 16.7 Å². The van der Waals surface area contributed by atoms with E-state index in [1.54, 1.807) is 44.4 Å². The van der Waals surface area contributed by atoms with Gasteiger partial charge in [-0.05, 0) is 61.2 Å². The lowest BCUT2D eigenvalue weighted by Crippen LogP contribution is -2.43. The molecular weight excluding hydrogens is 462 g/mol. The molecule has 7 nitrogen and oxygen atoms in total. The van der Waals surface area contributed by atoms with Crippen LogP contribution in [0.4, 0.5) is 0 Å². The molecule has 0 saturated carbocycles. The van der Waals surface area contributed by atoms with Gasteiger partial charge in [0, 0.05) is 36.1 Å². The maximum Gasteiger partial charge on any atom is 0.285 e. The fraction of sp³-hybridized carbons (Fsp3) is 0.333. The van der Waals surface area contributed by atoms with Crippen molar-refractivity contribution < 1.29 is 17.9 Å². The number of nitrogens with zero attached hydrogens (tertiary/aromatic N) is 2. The summed E-state index contributed by atoms with van der Waals surface area (Å²) in [6.45, 7) is 3.29. The van der Waals surface area contributed by atoms with Gasteiger partial charge in [-0.1, -0.05) is 29.8 Å². The van der Waals surface area contributed by atoms with Gasteiger partial charge in [0.05, 0.1) is 7.11 Å². The number of rotatable bonds is 5. The fourth-order valence-electron chi connectivity index (χ4n) is 4.25. The van der Waals surface area contributed by atoms with Crippen molar-refractivity contribution >= 4 is 38.3 Å². The maximum atomic E-state index is 12.8. The zero-order valence-electron chi connectivity index (χ0n) is 18.5. The van der Waals surface area contributed by atoms with Crippen LogP contribution in [0.1, 0.15) is 30.9 Å². The smallest absolute Gasteiger partial charge is 0.285 e. The van der Waals surface area contributed by atoms with E-state index in [1.807, 2.05) is 23.1 Å². The molecule has 1 saturated heterocycles. The van der Waals surface area contributed by atoms with Gasteiger partial charge in [0.25, 0.3) is 10.0 Å². The van der Waals surface area contributed by atoms with Crippen LogP contribution in [0, 0.1) is 5.92 Å². The average Bonchev–Trinajstić information content (AvgIpc) is 3.07. The van der Waals surface area contributed by atoms with Crippen molar-refractivity contribution in [2.24, 2.45) is 10.3 Å². The number of carbonyl (C=O) groups excluding carboxylic acids is 1. The third kappa shape index (κ3) is 4.91. The van der Waals surface area contributed by atoms with Crippen molar-refractivity contribution in [1.82, 2.24) is 10.2 Å². The summed E-state index contributed by atoms with van der Waals surface area (Å²) in [6, 6.07) is 14.3. The van der Waals surface area contributed by atoms with E-state index in [0.29, 0.717) is 60.2 Å². The number of piperidine rings is 1. The molecule has 9 heteroatoms. The molecule has 0 atom stereocenters. The third-order valence-electron chi connectivity index (χ3n) is 6.07. The van der Waals surface area contributed by atoms with Gasteiger partial charge in [-0.3, -0.25) is 4.79 Å². The number of methoxy groups -OCH3 is 1. The third-order valence-corrected chi connectivity index (χ3v) is 7.91. The van der Waals surface area contributed by atoms with E-state index in [0.717, 1.165) is 5.56 Å². The SMILES string of the molecule is COc1ccc(C2=C(C)C(N3CCC(C(=O)NCc4ccccc4Cl)CC3)=NS2(=O)=O)cc1. The highest BCUT2D eigenvalue weighted by molar-refractivity contribution is 8.00. The monoisotopic (exact) mass is 487 g/mol. The van der Waals surface area contributed by atoms with E-state index in [9.17, 15) is 13.2 Å². The quantitative estimate of drug-likeness (QED) is 0.692. The molecule has 0 radical (unpaired) electrons. The van der Waals surface area contributed by atoms with Crippen molar-refractivity contribution in [3.63, 3.8) is 0 Å². The molecule has 2 aliphatic rings. The summed E-state index contributed by atoms with van der Waals surface area (Å²) >= 11 is 6.16. The first-order valence-corrected chi connectivity index (χ1v) is 12.6. The van der Waals surface area contributed by atoms with Crippen LogP contribution in [0.2, 0.25) is 5.02 Å². The van der Waals surface area contributed by atoms with E-state index in [4.69, 9.17) is 16.3 Å². The second kappa shape index (κ2) is 9.57. The first-order chi connectivity index (χ1) is 15.8. The molecular formula is C24H26ClN3O4S. The highest BCUT2D eigenvalue weighted by atomic mass is 35.5. The number of amidine groups is 1. The van der Waals surface area contributed by atoms with Gasteiger partial charge in [-0.15, -0.1) is 4.40 Å². The van der Waals surface area contributed by atoms with Crippen LogP contribution >= 0.6 is 11.6 Å². The first kappa shape index (κ1) is 23.3. The minimum absolute atomic E-state index is 0.0123. The molecule has 1 fully saturated rings. The molecule has 2 heterocycles. The van der Waals surface area contributed by atoms with Gasteiger partial charge in [0.1, 0.15) is 16.5 Å². The second-order valence-corrected chi connectivity index (χ2v) is 10.1. The van der Waals surface area contributed by atoms with Gasteiger partial charge >= 0.3 is 0 Å². The number of likely N-dealkylation sites (tertiary alicyclic amines) is 1. The van der Waals surface area contributed by atoms with Gasteiger partial charge in [-0.2, -0.15) is 8.42 Å². The van der Waals surface area contributed by atoms with Gasteiger partial charge in [0.15, 0.2) is 0 Å². The Morgan fingerprint density at radius 3 is 2.45 bits per heavy atom. The summed E-state index contributed by atoms with van der Waals surface area (Å²) in [5.41, 5.74) is 2.09. The molecule has 0 unspecified atom stereocenters. The Labute approximate surface area is 199 Å². The minimum Gasteiger partial charge on any atom is -0.497 e. The number of hydrogen-bond donors (Lipinski definition) is 1. The number of ether oxygens (including phenoxy) is 1. The summed E-state index contributed by atoms with van der Waals surface area (Å²) in [5, 5.41) is 3.59. The number of hydrogen-bond acceptors (Lipinski definition) is 5. The van der Waals surface area contributed by atoms with Crippen LogP contribution in [0.25, 0.3) is 4.91 Å². The number of benzene rings is 2. The van der Waals surface area contributed by atoms with Gasteiger partial charge in [-0.25, -0.2) is 0 Å². The number of carbonyl (C=O) groups is 1. The number of nitrogens with one attached hydrogen (secondary N) is 1. The normalized spacial score (nSPS) is 18.3. The Bertz CT molecular complexity index is 1210. The predicted molar refractivity (Wildman–Crippen MR) is 130 cm³/mol. The van der Waals surface area contributed by atoms with E-state index in [1.165, 1.54) is 0 Å². The Hall–Kier alpha value is -2.84. The molecule has 0 aromatic heterocycles. The van der Waals surface area contributed by atoms with Gasteiger partial charge < -0.3 is 15.0 Å². The van der Waals surface area contributed by atoms with E-state index in [2.05, 4.69) is 9.71 Å². The average molecular weight is 488 g/mol. The Kier molecular flexibility index (Phi) is 6.76. The van der Waals surface area contributed by atoms with Crippen molar-refractivity contribution in [3.05, 3.63) is 70.3 Å². The second-order valence-electron chi connectivity index (χ2n) is 8.14. The lowest BCUT2D eigenvalue weighted by molar-refractivity contribution is -0.126. The Balaban J connectivity index is 1.41. The van der Waals surface area contributed by atoms with E-state index >= 15 is 0 Å². The summed E-state index contributed by atoms with van der Waals surface area (Å²) in [4.78, 5) is 14.8. The van der Waals surface area contributed by atoms with Crippen LogP contribution in [-0.4, -0.2) is 45.3 Å². The molecule has 4 rings (SSSR count). The van der Waals surface area contributed by atoms with Crippen LogP contribution in [0.15, 0.2) is 58.5 Å². The molecule has 2 aliphatic heterocycles.